The maximum absolute atomic E-state index is 9.14. The lowest BCUT2D eigenvalue weighted by atomic mass is 10.1. The van der Waals surface area contributed by atoms with Crippen LogP contribution in [0.25, 0.3) is 0 Å². The van der Waals surface area contributed by atoms with Gasteiger partial charge in [-0.15, -0.1) is 0 Å². The van der Waals surface area contributed by atoms with Crippen molar-refractivity contribution >= 4 is 17.6 Å². The Morgan fingerprint density at radius 1 is 1.09 bits per heavy atom. The number of hydrogen-bond acceptors (Lipinski definition) is 4. The number of aryl methyl sites for hydroxylation is 1. The molecule has 0 atom stereocenters. The zero-order valence-corrected chi connectivity index (χ0v) is 14.1. The average molecular weight is 311 g/mol. The molecule has 0 fully saturated rings. The van der Waals surface area contributed by atoms with Gasteiger partial charge in [-0.3, -0.25) is 5.01 Å². The second kappa shape index (κ2) is 8.34. The van der Waals surface area contributed by atoms with E-state index < -0.39 is 0 Å². The Hall–Kier alpha value is -2.33. The van der Waals surface area contributed by atoms with Gasteiger partial charge in [-0.05, 0) is 49.2 Å². The topological polar surface area (TPSA) is 39.1 Å². The predicted octanol–water partition coefficient (Wildman–Crippen LogP) is 3.28. The van der Waals surface area contributed by atoms with E-state index in [9.17, 15) is 0 Å². The lowest BCUT2D eigenvalue weighted by molar-refractivity contribution is 0.302. The number of aliphatic hydroxyl groups excluding tert-OH is 1. The Balaban J connectivity index is 2.13. The average Bonchev–Trinajstić information content (AvgIpc) is 2.59. The molecule has 0 spiro atoms. The molecule has 23 heavy (non-hydrogen) atoms. The van der Waals surface area contributed by atoms with Crippen LogP contribution in [0.5, 0.6) is 0 Å². The van der Waals surface area contributed by atoms with Crippen LogP contribution in [0.4, 0.5) is 11.4 Å². The van der Waals surface area contributed by atoms with Gasteiger partial charge in [-0.1, -0.05) is 24.3 Å². The normalized spacial score (nSPS) is 11.0. The Morgan fingerprint density at radius 2 is 1.83 bits per heavy atom. The summed E-state index contributed by atoms with van der Waals surface area (Å²) in [5.74, 6) is 0. The van der Waals surface area contributed by atoms with Gasteiger partial charge in [0.25, 0.3) is 0 Å². The van der Waals surface area contributed by atoms with Crippen LogP contribution in [0, 0.1) is 6.92 Å². The van der Waals surface area contributed by atoms with E-state index >= 15 is 0 Å². The second-order valence-electron chi connectivity index (χ2n) is 5.45. The fourth-order valence-corrected chi connectivity index (χ4v) is 2.45. The number of hydrogen-bond donors (Lipinski definition) is 1. The second-order valence-corrected chi connectivity index (χ2v) is 5.45. The van der Waals surface area contributed by atoms with Crippen LogP contribution < -0.4 is 9.91 Å². The van der Waals surface area contributed by atoms with Crippen LogP contribution in [0.1, 0.15) is 18.1 Å². The van der Waals surface area contributed by atoms with Crippen LogP contribution >= 0.6 is 0 Å². The quantitative estimate of drug-likeness (QED) is 0.630. The van der Waals surface area contributed by atoms with Gasteiger partial charge in [0, 0.05) is 25.8 Å². The molecule has 1 N–H and O–H groups in total. The SMILES string of the molecule is CCN(CCO)c1ccc(/C=N\N(C)c2ccccc2)c(C)c1. The summed E-state index contributed by atoms with van der Waals surface area (Å²) in [5.41, 5.74) is 4.45. The summed E-state index contributed by atoms with van der Waals surface area (Å²) in [6, 6.07) is 16.4. The van der Waals surface area contributed by atoms with Crippen molar-refractivity contribution in [3.63, 3.8) is 0 Å². The summed E-state index contributed by atoms with van der Waals surface area (Å²) in [7, 11) is 1.94. The van der Waals surface area contributed by atoms with Crippen molar-refractivity contribution in [3.8, 4) is 0 Å². The van der Waals surface area contributed by atoms with Gasteiger partial charge in [0.2, 0.25) is 0 Å². The van der Waals surface area contributed by atoms with Crippen molar-refractivity contribution < 1.29 is 5.11 Å². The Bertz CT molecular complexity index is 640. The zero-order chi connectivity index (χ0) is 16.7. The first-order chi connectivity index (χ1) is 11.2. The van der Waals surface area contributed by atoms with Crippen LogP contribution in [0.2, 0.25) is 0 Å². The van der Waals surface area contributed by atoms with E-state index in [1.807, 2.05) is 48.6 Å². The fourth-order valence-electron chi connectivity index (χ4n) is 2.45. The molecule has 0 saturated carbocycles. The molecule has 122 valence electrons. The van der Waals surface area contributed by atoms with E-state index in [0.717, 1.165) is 23.5 Å². The first-order valence-electron chi connectivity index (χ1n) is 7.95. The van der Waals surface area contributed by atoms with Gasteiger partial charge in [0.1, 0.15) is 0 Å². The first-order valence-corrected chi connectivity index (χ1v) is 7.95. The van der Waals surface area contributed by atoms with Gasteiger partial charge in [-0.25, -0.2) is 0 Å². The summed E-state index contributed by atoms with van der Waals surface area (Å²) in [5, 5.41) is 15.5. The minimum Gasteiger partial charge on any atom is -0.395 e. The van der Waals surface area contributed by atoms with Crippen molar-refractivity contribution in [2.75, 3.05) is 36.7 Å². The lowest BCUT2D eigenvalue weighted by Gasteiger charge is -2.22. The predicted molar refractivity (Wildman–Crippen MR) is 98.6 cm³/mol. The number of rotatable bonds is 7. The number of benzene rings is 2. The molecule has 0 aliphatic heterocycles. The molecule has 0 aliphatic rings. The lowest BCUT2D eigenvalue weighted by Crippen LogP contribution is -2.26. The summed E-state index contributed by atoms with van der Waals surface area (Å²) in [6.45, 7) is 5.87. The maximum atomic E-state index is 9.14. The van der Waals surface area contributed by atoms with E-state index in [-0.39, 0.29) is 6.61 Å². The Morgan fingerprint density at radius 3 is 2.43 bits per heavy atom. The summed E-state index contributed by atoms with van der Waals surface area (Å²) in [6.07, 6.45) is 1.88. The number of nitrogens with zero attached hydrogens (tertiary/aromatic N) is 3. The smallest absolute Gasteiger partial charge is 0.0606 e. The molecule has 0 saturated heterocycles. The van der Waals surface area contributed by atoms with Crippen molar-refractivity contribution in [1.82, 2.24) is 0 Å². The van der Waals surface area contributed by atoms with Crippen LogP contribution in [0.15, 0.2) is 53.6 Å². The number of hydrazone groups is 1. The monoisotopic (exact) mass is 311 g/mol. The number of likely N-dealkylation sites (N-methyl/N-ethyl adjacent to an activating group) is 1. The molecular weight excluding hydrogens is 286 g/mol. The Labute approximate surface area is 138 Å². The highest BCUT2D eigenvalue weighted by molar-refractivity contribution is 5.83. The van der Waals surface area contributed by atoms with Gasteiger partial charge < -0.3 is 10.0 Å². The van der Waals surface area contributed by atoms with Crippen molar-refractivity contribution in [1.29, 1.82) is 0 Å². The van der Waals surface area contributed by atoms with Crippen molar-refractivity contribution in [2.24, 2.45) is 5.10 Å². The van der Waals surface area contributed by atoms with Crippen LogP contribution in [0.3, 0.4) is 0 Å². The minimum absolute atomic E-state index is 0.165. The van der Waals surface area contributed by atoms with Crippen molar-refractivity contribution in [2.45, 2.75) is 13.8 Å². The number of aliphatic hydroxyl groups is 1. The first kappa shape index (κ1) is 17.0. The molecule has 0 aliphatic carbocycles. The van der Waals surface area contributed by atoms with Crippen LogP contribution in [-0.4, -0.2) is 38.1 Å². The molecule has 0 aromatic heterocycles. The Kier molecular flexibility index (Phi) is 6.18. The summed E-state index contributed by atoms with van der Waals surface area (Å²) < 4.78 is 0. The van der Waals surface area contributed by atoms with Crippen LogP contribution in [-0.2, 0) is 0 Å². The molecule has 2 aromatic carbocycles. The molecule has 0 amide bonds. The summed E-state index contributed by atoms with van der Waals surface area (Å²) in [4.78, 5) is 2.16. The molecule has 0 unspecified atom stereocenters. The standard InChI is InChI=1S/C19H25N3O/c1-4-22(12-13-23)19-11-10-17(16(2)14-19)15-20-21(3)18-8-6-5-7-9-18/h5-11,14-15,23H,4,12-13H2,1-3H3/b20-15-. The molecule has 2 aromatic rings. The van der Waals surface area contributed by atoms with Gasteiger partial charge >= 0.3 is 0 Å². The molecule has 4 heteroatoms. The third kappa shape index (κ3) is 4.57. The third-order valence-corrected chi connectivity index (χ3v) is 3.87. The molecular formula is C19H25N3O. The van der Waals surface area contributed by atoms with E-state index in [4.69, 9.17) is 5.11 Å². The van der Waals surface area contributed by atoms with E-state index in [1.54, 1.807) is 0 Å². The highest BCUT2D eigenvalue weighted by Gasteiger charge is 2.05. The van der Waals surface area contributed by atoms with E-state index in [0.29, 0.717) is 6.54 Å². The minimum atomic E-state index is 0.165. The van der Waals surface area contributed by atoms with E-state index in [1.165, 1.54) is 5.56 Å². The molecule has 4 nitrogen and oxygen atoms in total. The largest absolute Gasteiger partial charge is 0.395 e. The molecule has 2 rings (SSSR count). The van der Waals surface area contributed by atoms with Gasteiger partial charge in [-0.2, -0.15) is 5.10 Å². The number of para-hydroxylation sites is 1. The third-order valence-electron chi connectivity index (χ3n) is 3.87. The molecule has 0 bridgehead atoms. The maximum Gasteiger partial charge on any atom is 0.0606 e. The van der Waals surface area contributed by atoms with Gasteiger partial charge in [0.05, 0.1) is 18.5 Å². The number of anilines is 2. The molecule has 0 radical (unpaired) electrons. The van der Waals surface area contributed by atoms with E-state index in [2.05, 4.69) is 42.0 Å². The fraction of sp³-hybridized carbons (Fsp3) is 0.316. The molecule has 0 heterocycles. The van der Waals surface area contributed by atoms with Gasteiger partial charge in [0.15, 0.2) is 0 Å². The zero-order valence-electron chi connectivity index (χ0n) is 14.1. The highest BCUT2D eigenvalue weighted by atomic mass is 16.3. The highest BCUT2D eigenvalue weighted by Crippen LogP contribution is 2.18. The summed E-state index contributed by atoms with van der Waals surface area (Å²) >= 11 is 0. The van der Waals surface area contributed by atoms with Crippen molar-refractivity contribution in [3.05, 3.63) is 59.7 Å².